The van der Waals surface area contributed by atoms with Gasteiger partial charge in [-0.2, -0.15) is 0 Å². The van der Waals surface area contributed by atoms with Gasteiger partial charge in [0.2, 0.25) is 5.96 Å². The Morgan fingerprint density at radius 2 is 1.44 bits per heavy atom. The molecule has 0 aromatic heterocycles. The van der Waals surface area contributed by atoms with Crippen LogP contribution in [0.5, 0.6) is 0 Å². The van der Waals surface area contributed by atoms with E-state index >= 15 is 0 Å². The van der Waals surface area contributed by atoms with Gasteiger partial charge in [-0.05, 0) is 41.3 Å². The minimum Gasteiger partial charge on any atom is -0.463 e. The molecule has 1 heterocycles. The Balaban J connectivity index is 1.49. The first-order valence-corrected chi connectivity index (χ1v) is 13.2. The number of carbonyl (C=O) groups is 3. The molecular formula is C33H30N4O4. The van der Waals surface area contributed by atoms with E-state index in [-0.39, 0.29) is 30.4 Å². The molecule has 1 aliphatic heterocycles. The predicted octanol–water partition coefficient (Wildman–Crippen LogP) is 5.43. The second-order valence-corrected chi connectivity index (χ2v) is 9.92. The summed E-state index contributed by atoms with van der Waals surface area (Å²) in [5, 5.41) is 12.7. The van der Waals surface area contributed by atoms with Gasteiger partial charge in [0.15, 0.2) is 5.54 Å². The minimum absolute atomic E-state index is 0.0123. The molecule has 0 bridgehead atoms. The van der Waals surface area contributed by atoms with Gasteiger partial charge >= 0.3 is 6.09 Å². The Kier molecular flexibility index (Phi) is 7.65. The lowest BCUT2D eigenvalue weighted by Gasteiger charge is -2.28. The van der Waals surface area contributed by atoms with Crippen LogP contribution in [0.2, 0.25) is 0 Å². The summed E-state index contributed by atoms with van der Waals surface area (Å²) >= 11 is 0. The van der Waals surface area contributed by atoms with Crippen LogP contribution >= 0.6 is 0 Å². The number of carbonyl (C=O) groups excluding carboxylic acids is 2. The Labute approximate surface area is 238 Å². The van der Waals surface area contributed by atoms with Crippen molar-refractivity contribution in [3.63, 3.8) is 0 Å². The fraction of sp³-hybridized carbons (Fsp3) is 0.152. The van der Waals surface area contributed by atoms with Crippen LogP contribution in [-0.2, 0) is 16.9 Å². The number of hydrogen-bond acceptors (Lipinski definition) is 3. The molecule has 4 aromatic rings. The number of carboxylic acid groups (broad SMARTS) is 1. The van der Waals surface area contributed by atoms with Crippen molar-refractivity contribution in [3.05, 3.63) is 143 Å². The largest absolute Gasteiger partial charge is 0.463 e. The number of guanidine groups is 1. The van der Waals surface area contributed by atoms with Crippen molar-refractivity contribution in [1.82, 2.24) is 15.1 Å². The van der Waals surface area contributed by atoms with E-state index in [0.717, 1.165) is 5.56 Å². The lowest BCUT2D eigenvalue weighted by Crippen LogP contribution is -2.45. The molecule has 41 heavy (non-hydrogen) atoms. The Hall–Kier alpha value is -5.24. The van der Waals surface area contributed by atoms with Crippen molar-refractivity contribution >= 4 is 23.9 Å². The lowest BCUT2D eigenvalue weighted by atomic mass is 9.82. The Bertz CT molecular complexity index is 1550. The third-order valence-corrected chi connectivity index (χ3v) is 7.43. The van der Waals surface area contributed by atoms with Crippen LogP contribution in [-0.4, -0.2) is 45.8 Å². The van der Waals surface area contributed by atoms with E-state index in [1.165, 1.54) is 4.90 Å². The maximum atomic E-state index is 14.3. The first-order chi connectivity index (χ1) is 19.8. The number of benzene rings is 4. The highest BCUT2D eigenvalue weighted by atomic mass is 16.4. The van der Waals surface area contributed by atoms with Crippen molar-refractivity contribution < 1.29 is 19.5 Å². The van der Waals surface area contributed by atoms with Crippen LogP contribution in [0.25, 0.3) is 0 Å². The van der Waals surface area contributed by atoms with E-state index in [1.807, 2.05) is 97.9 Å². The first-order valence-electron chi connectivity index (χ1n) is 13.2. The first kappa shape index (κ1) is 27.3. The molecule has 1 fully saturated rings. The van der Waals surface area contributed by atoms with Gasteiger partial charge in [-0.3, -0.25) is 14.5 Å². The maximum Gasteiger partial charge on any atom is 0.434 e. The molecule has 206 valence electrons. The van der Waals surface area contributed by atoms with Crippen LogP contribution in [0.4, 0.5) is 4.79 Å². The second kappa shape index (κ2) is 11.5. The number of nitrogens with one attached hydrogen (secondary N) is 1. The van der Waals surface area contributed by atoms with Crippen molar-refractivity contribution in [3.8, 4) is 0 Å². The van der Waals surface area contributed by atoms with Crippen LogP contribution < -0.4 is 5.32 Å². The van der Waals surface area contributed by atoms with E-state index in [2.05, 4.69) is 10.3 Å². The molecular weight excluding hydrogens is 516 g/mol. The summed E-state index contributed by atoms with van der Waals surface area (Å²) in [6.07, 6.45) is -1.43. The van der Waals surface area contributed by atoms with Crippen molar-refractivity contribution in [2.45, 2.75) is 25.0 Å². The summed E-state index contributed by atoms with van der Waals surface area (Å²) in [5.41, 5.74) is 2.05. The smallest absolute Gasteiger partial charge is 0.434 e. The highest BCUT2D eigenvalue weighted by molar-refractivity contribution is 6.13. The van der Waals surface area contributed by atoms with Crippen LogP contribution in [0, 0.1) is 0 Å². The lowest BCUT2D eigenvalue weighted by molar-refractivity contribution is -0.130. The zero-order valence-corrected chi connectivity index (χ0v) is 22.8. The zero-order chi connectivity index (χ0) is 29.0. The third-order valence-electron chi connectivity index (χ3n) is 7.43. The molecule has 8 heteroatoms. The summed E-state index contributed by atoms with van der Waals surface area (Å²) in [7, 11) is 1.76. The molecule has 1 unspecified atom stereocenters. The standard InChI is InChI=1S/C33H30N4O4/c1-23(25-14-6-3-7-15-25)36(2)29(38)26-16-12-13-24(21-26)22-37-30(39)33(27-17-8-4-9-18-27,28-19-10-5-11-20-28)35-31(37)34-32(40)41/h3-21,23H,22H2,1-2H3,(H,34,35)(H,40,41). The molecule has 1 aliphatic rings. The van der Waals surface area contributed by atoms with E-state index in [4.69, 9.17) is 0 Å². The van der Waals surface area contributed by atoms with E-state index < -0.39 is 11.6 Å². The van der Waals surface area contributed by atoms with Crippen molar-refractivity contribution in [2.75, 3.05) is 7.05 Å². The van der Waals surface area contributed by atoms with E-state index in [0.29, 0.717) is 22.3 Å². The Morgan fingerprint density at radius 3 is 2.00 bits per heavy atom. The molecule has 3 amide bonds. The predicted molar refractivity (Wildman–Crippen MR) is 156 cm³/mol. The molecule has 1 saturated heterocycles. The molecule has 8 nitrogen and oxygen atoms in total. The van der Waals surface area contributed by atoms with Gasteiger partial charge in [-0.1, -0.05) is 103 Å². The number of rotatable bonds is 7. The Morgan fingerprint density at radius 1 is 0.878 bits per heavy atom. The van der Waals surface area contributed by atoms with E-state index in [1.54, 1.807) is 36.2 Å². The van der Waals surface area contributed by atoms with Crippen LogP contribution in [0.3, 0.4) is 0 Å². The minimum atomic E-state index is -1.43. The normalized spacial score (nSPS) is 15.8. The fourth-order valence-corrected chi connectivity index (χ4v) is 5.17. The van der Waals surface area contributed by atoms with Gasteiger partial charge in [0.1, 0.15) is 0 Å². The fourth-order valence-electron chi connectivity index (χ4n) is 5.17. The highest BCUT2D eigenvalue weighted by Gasteiger charge is 2.52. The third kappa shape index (κ3) is 5.32. The van der Waals surface area contributed by atoms with Gasteiger partial charge in [0.05, 0.1) is 12.6 Å². The topological polar surface area (TPSA) is 102 Å². The zero-order valence-electron chi connectivity index (χ0n) is 22.8. The van der Waals surface area contributed by atoms with Crippen molar-refractivity contribution in [2.24, 2.45) is 4.99 Å². The number of hydrogen-bond donors (Lipinski definition) is 2. The van der Waals surface area contributed by atoms with E-state index in [9.17, 15) is 19.5 Å². The monoisotopic (exact) mass is 546 g/mol. The van der Waals surface area contributed by atoms with Gasteiger partial charge in [-0.15, -0.1) is 4.99 Å². The summed E-state index contributed by atoms with van der Waals surface area (Å²) in [4.78, 5) is 46.2. The SMILES string of the molecule is CC(c1ccccc1)N(C)C(=O)c1cccc(CN2C(=O)C(c3ccccc3)(c3ccccc3)NC2=NC(=O)O)c1. The highest BCUT2D eigenvalue weighted by Crippen LogP contribution is 2.37. The molecule has 0 aliphatic carbocycles. The van der Waals surface area contributed by atoms with Gasteiger partial charge in [0.25, 0.3) is 11.8 Å². The summed E-state index contributed by atoms with van der Waals surface area (Å²) < 4.78 is 0. The maximum absolute atomic E-state index is 14.3. The average Bonchev–Trinajstić information content (AvgIpc) is 3.28. The molecule has 4 aromatic carbocycles. The molecule has 0 saturated carbocycles. The summed E-state index contributed by atoms with van der Waals surface area (Å²) in [6.45, 7) is 1.98. The summed E-state index contributed by atoms with van der Waals surface area (Å²) in [5.74, 6) is -0.625. The number of nitrogens with zero attached hydrogens (tertiary/aromatic N) is 3. The van der Waals surface area contributed by atoms with Gasteiger partial charge in [-0.25, -0.2) is 4.79 Å². The van der Waals surface area contributed by atoms with Crippen LogP contribution in [0.15, 0.2) is 120 Å². The van der Waals surface area contributed by atoms with Gasteiger partial charge < -0.3 is 15.3 Å². The van der Waals surface area contributed by atoms with Gasteiger partial charge in [0, 0.05) is 12.6 Å². The summed E-state index contributed by atoms with van der Waals surface area (Å²) in [6, 6.07) is 34.9. The van der Waals surface area contributed by atoms with Crippen molar-refractivity contribution in [1.29, 1.82) is 0 Å². The quantitative estimate of drug-likeness (QED) is 0.322. The molecule has 1 atom stereocenters. The molecule has 5 rings (SSSR count). The molecule has 0 spiro atoms. The number of aliphatic imine (C=N–C) groups is 1. The molecule has 2 N–H and O–H groups in total. The number of amides is 3. The average molecular weight is 547 g/mol. The van der Waals surface area contributed by atoms with Crippen LogP contribution in [0.1, 0.15) is 45.6 Å². The molecule has 0 radical (unpaired) electrons. The second-order valence-electron chi connectivity index (χ2n) is 9.92.